The molecule has 0 radical (unpaired) electrons. The molecule has 0 unspecified atom stereocenters. The Morgan fingerprint density at radius 3 is 1.83 bits per heavy atom. The molecule has 3 nitrogen and oxygen atoms in total. The molecule has 0 saturated carbocycles. The highest BCUT2D eigenvalue weighted by Crippen LogP contribution is 2.36. The van der Waals surface area contributed by atoms with Crippen molar-refractivity contribution >= 4 is 0 Å². The van der Waals surface area contributed by atoms with Crippen molar-refractivity contribution in [1.29, 1.82) is 0 Å². The topological polar surface area (TPSA) is 44.5 Å². The Hall–Kier alpha value is -2.78. The zero-order valence-corrected chi connectivity index (χ0v) is 13.7. The maximum atomic E-state index is 6.16. The van der Waals surface area contributed by atoms with Crippen LogP contribution in [0.1, 0.15) is 24.9 Å². The molecule has 2 N–H and O–H groups in total. The summed E-state index contributed by atoms with van der Waals surface area (Å²) in [6.07, 6.45) is 0.865. The van der Waals surface area contributed by atoms with Gasteiger partial charge in [0.2, 0.25) is 0 Å². The lowest BCUT2D eigenvalue weighted by molar-refractivity contribution is 0.417. The molecule has 0 amide bonds. The molecule has 0 saturated heterocycles. The van der Waals surface area contributed by atoms with Gasteiger partial charge in [-0.05, 0) is 48.4 Å². The summed E-state index contributed by atoms with van der Waals surface area (Å²) in [4.78, 5) is 0. The highest BCUT2D eigenvalue weighted by molar-refractivity contribution is 5.48. The molecule has 0 aliphatic rings. The van der Waals surface area contributed by atoms with Crippen LogP contribution in [0.2, 0.25) is 0 Å². The predicted octanol–water partition coefficient (Wildman–Crippen LogP) is 5.68. The van der Waals surface area contributed by atoms with Gasteiger partial charge in [-0.2, -0.15) is 0 Å². The highest BCUT2D eigenvalue weighted by atomic mass is 16.5. The second-order valence-electron chi connectivity index (χ2n) is 5.55. The molecule has 0 bridgehead atoms. The Bertz CT molecular complexity index is 772. The number of hydrogen-bond donors (Lipinski definition) is 1. The SMILES string of the molecule is CC[C@@H](N)c1ccc(Oc2ccccc2)c(Oc2ccccc2)c1. The zero-order chi connectivity index (χ0) is 16.8. The summed E-state index contributed by atoms with van der Waals surface area (Å²) < 4.78 is 12.0. The van der Waals surface area contributed by atoms with E-state index in [0.717, 1.165) is 23.5 Å². The molecular weight excluding hydrogens is 298 g/mol. The summed E-state index contributed by atoms with van der Waals surface area (Å²) in [6, 6.07) is 25.2. The van der Waals surface area contributed by atoms with Crippen molar-refractivity contribution in [2.75, 3.05) is 0 Å². The van der Waals surface area contributed by atoms with Gasteiger partial charge in [-0.25, -0.2) is 0 Å². The van der Waals surface area contributed by atoms with E-state index in [0.29, 0.717) is 11.5 Å². The van der Waals surface area contributed by atoms with E-state index in [9.17, 15) is 0 Å². The minimum atomic E-state index is -0.0195. The van der Waals surface area contributed by atoms with Crippen molar-refractivity contribution in [3.8, 4) is 23.0 Å². The number of rotatable bonds is 6. The Morgan fingerprint density at radius 2 is 1.29 bits per heavy atom. The fourth-order valence-corrected chi connectivity index (χ4v) is 2.39. The molecule has 0 aliphatic heterocycles. The van der Waals surface area contributed by atoms with Crippen molar-refractivity contribution in [1.82, 2.24) is 0 Å². The number of para-hydroxylation sites is 2. The summed E-state index contributed by atoms with van der Waals surface area (Å²) in [7, 11) is 0. The van der Waals surface area contributed by atoms with Crippen LogP contribution in [-0.4, -0.2) is 0 Å². The molecule has 3 heteroatoms. The van der Waals surface area contributed by atoms with E-state index in [-0.39, 0.29) is 6.04 Å². The second-order valence-corrected chi connectivity index (χ2v) is 5.55. The van der Waals surface area contributed by atoms with Crippen LogP contribution in [-0.2, 0) is 0 Å². The molecule has 3 rings (SSSR count). The quantitative estimate of drug-likeness (QED) is 0.635. The summed E-state index contributed by atoms with van der Waals surface area (Å²) in [5, 5.41) is 0. The monoisotopic (exact) mass is 319 g/mol. The lowest BCUT2D eigenvalue weighted by Gasteiger charge is -2.16. The summed E-state index contributed by atoms with van der Waals surface area (Å²) >= 11 is 0. The van der Waals surface area contributed by atoms with Crippen LogP contribution in [0.5, 0.6) is 23.0 Å². The van der Waals surface area contributed by atoms with Gasteiger partial charge in [0.1, 0.15) is 11.5 Å². The van der Waals surface area contributed by atoms with Crippen molar-refractivity contribution < 1.29 is 9.47 Å². The van der Waals surface area contributed by atoms with Gasteiger partial charge in [-0.15, -0.1) is 0 Å². The number of nitrogens with two attached hydrogens (primary N) is 1. The average molecular weight is 319 g/mol. The van der Waals surface area contributed by atoms with Gasteiger partial charge in [0.15, 0.2) is 11.5 Å². The van der Waals surface area contributed by atoms with Gasteiger partial charge >= 0.3 is 0 Å². The lowest BCUT2D eigenvalue weighted by Crippen LogP contribution is -2.08. The van der Waals surface area contributed by atoms with Crippen LogP contribution in [0, 0.1) is 0 Å². The van der Waals surface area contributed by atoms with E-state index in [4.69, 9.17) is 15.2 Å². The number of benzene rings is 3. The smallest absolute Gasteiger partial charge is 0.170 e. The predicted molar refractivity (Wildman–Crippen MR) is 96.7 cm³/mol. The van der Waals surface area contributed by atoms with Crippen LogP contribution >= 0.6 is 0 Å². The highest BCUT2D eigenvalue weighted by Gasteiger charge is 2.12. The second kappa shape index (κ2) is 7.66. The number of hydrogen-bond acceptors (Lipinski definition) is 3. The Balaban J connectivity index is 1.94. The van der Waals surface area contributed by atoms with Gasteiger partial charge in [-0.1, -0.05) is 49.4 Å². The van der Waals surface area contributed by atoms with Crippen LogP contribution in [0.15, 0.2) is 78.9 Å². The first-order valence-electron chi connectivity index (χ1n) is 8.11. The van der Waals surface area contributed by atoms with Gasteiger partial charge in [0.05, 0.1) is 0 Å². The molecule has 0 aliphatic carbocycles. The third-order valence-electron chi connectivity index (χ3n) is 3.78. The molecular formula is C21H21NO2. The number of ether oxygens (including phenoxy) is 2. The Kier molecular flexibility index (Phi) is 5.14. The van der Waals surface area contributed by atoms with Gasteiger partial charge < -0.3 is 15.2 Å². The normalized spacial score (nSPS) is 11.8. The summed E-state index contributed by atoms with van der Waals surface area (Å²) in [5.74, 6) is 2.85. The third-order valence-corrected chi connectivity index (χ3v) is 3.78. The first kappa shape index (κ1) is 16.1. The first-order chi connectivity index (χ1) is 11.8. The van der Waals surface area contributed by atoms with Crippen LogP contribution in [0.4, 0.5) is 0 Å². The van der Waals surface area contributed by atoms with Crippen LogP contribution in [0.3, 0.4) is 0 Å². The lowest BCUT2D eigenvalue weighted by atomic mass is 10.0. The third kappa shape index (κ3) is 3.94. The standard InChI is InChI=1S/C21H21NO2/c1-2-19(22)16-13-14-20(23-17-9-5-3-6-10-17)21(15-16)24-18-11-7-4-8-12-18/h3-15,19H,2,22H2,1H3/t19-/m1/s1. The molecule has 122 valence electrons. The summed E-state index contributed by atoms with van der Waals surface area (Å²) in [6.45, 7) is 2.07. The molecule has 1 atom stereocenters. The van der Waals surface area contributed by atoms with E-state index >= 15 is 0 Å². The van der Waals surface area contributed by atoms with E-state index in [1.807, 2.05) is 78.9 Å². The minimum Gasteiger partial charge on any atom is -0.453 e. The molecule has 3 aromatic rings. The van der Waals surface area contributed by atoms with E-state index in [1.165, 1.54) is 0 Å². The largest absolute Gasteiger partial charge is 0.453 e. The van der Waals surface area contributed by atoms with Crippen LogP contribution in [0.25, 0.3) is 0 Å². The van der Waals surface area contributed by atoms with E-state index in [2.05, 4.69) is 6.92 Å². The maximum absolute atomic E-state index is 6.16. The Morgan fingerprint density at radius 1 is 0.750 bits per heavy atom. The van der Waals surface area contributed by atoms with Gasteiger partial charge in [-0.3, -0.25) is 0 Å². The first-order valence-corrected chi connectivity index (χ1v) is 8.11. The van der Waals surface area contributed by atoms with Crippen molar-refractivity contribution in [3.63, 3.8) is 0 Å². The van der Waals surface area contributed by atoms with Crippen molar-refractivity contribution in [2.24, 2.45) is 5.73 Å². The van der Waals surface area contributed by atoms with Crippen molar-refractivity contribution in [2.45, 2.75) is 19.4 Å². The van der Waals surface area contributed by atoms with Gasteiger partial charge in [0.25, 0.3) is 0 Å². The zero-order valence-electron chi connectivity index (χ0n) is 13.7. The average Bonchev–Trinajstić information content (AvgIpc) is 2.64. The molecule has 24 heavy (non-hydrogen) atoms. The fraction of sp³-hybridized carbons (Fsp3) is 0.143. The fourth-order valence-electron chi connectivity index (χ4n) is 2.39. The molecule has 0 spiro atoms. The van der Waals surface area contributed by atoms with Crippen molar-refractivity contribution in [3.05, 3.63) is 84.4 Å². The van der Waals surface area contributed by atoms with E-state index in [1.54, 1.807) is 0 Å². The van der Waals surface area contributed by atoms with Crippen LogP contribution < -0.4 is 15.2 Å². The molecule has 0 aromatic heterocycles. The molecule has 3 aromatic carbocycles. The maximum Gasteiger partial charge on any atom is 0.170 e. The Labute approximate surface area is 142 Å². The van der Waals surface area contributed by atoms with E-state index < -0.39 is 0 Å². The summed E-state index contributed by atoms with van der Waals surface area (Å²) in [5.41, 5.74) is 7.19. The van der Waals surface area contributed by atoms with Gasteiger partial charge in [0, 0.05) is 6.04 Å². The minimum absolute atomic E-state index is 0.0195. The molecule has 0 fully saturated rings. The molecule has 0 heterocycles.